The van der Waals surface area contributed by atoms with E-state index >= 15 is 0 Å². The maximum Gasteiger partial charge on any atom is 0.220 e. The van der Waals surface area contributed by atoms with E-state index in [-0.39, 0.29) is 11.9 Å². The van der Waals surface area contributed by atoms with Crippen LogP contribution >= 0.6 is 0 Å². The SMILES string of the molecule is Nc1cccc([C@@H]2CCC(=O)N2)c1. The number of hydrogen-bond acceptors (Lipinski definition) is 2. The average Bonchev–Trinajstić information content (AvgIpc) is 2.52. The van der Waals surface area contributed by atoms with Crippen LogP contribution in [-0.4, -0.2) is 5.91 Å². The first-order valence-electron chi connectivity index (χ1n) is 4.40. The van der Waals surface area contributed by atoms with Gasteiger partial charge in [0.25, 0.3) is 0 Å². The first kappa shape index (κ1) is 8.10. The molecule has 2 rings (SSSR count). The van der Waals surface area contributed by atoms with Crippen LogP contribution in [-0.2, 0) is 4.79 Å². The lowest BCUT2D eigenvalue weighted by Gasteiger charge is -2.10. The molecule has 0 saturated carbocycles. The number of nitrogens with one attached hydrogen (secondary N) is 1. The number of anilines is 1. The molecule has 1 saturated heterocycles. The van der Waals surface area contributed by atoms with Crippen molar-refractivity contribution in [3.8, 4) is 0 Å². The number of hydrogen-bond donors (Lipinski definition) is 2. The Bertz CT molecular complexity index is 335. The number of carbonyl (C=O) groups is 1. The molecule has 1 heterocycles. The van der Waals surface area contributed by atoms with Gasteiger partial charge in [0.05, 0.1) is 6.04 Å². The monoisotopic (exact) mass is 176 g/mol. The van der Waals surface area contributed by atoms with Gasteiger partial charge in [0.15, 0.2) is 0 Å². The summed E-state index contributed by atoms with van der Waals surface area (Å²) in [5, 5.41) is 2.90. The van der Waals surface area contributed by atoms with E-state index < -0.39 is 0 Å². The van der Waals surface area contributed by atoms with Gasteiger partial charge in [0, 0.05) is 12.1 Å². The number of nitrogens with two attached hydrogens (primary N) is 1. The summed E-state index contributed by atoms with van der Waals surface area (Å²) in [6.07, 6.45) is 1.50. The second-order valence-corrected chi connectivity index (χ2v) is 3.33. The molecule has 0 spiro atoms. The van der Waals surface area contributed by atoms with Crippen molar-refractivity contribution in [1.82, 2.24) is 5.32 Å². The molecule has 3 N–H and O–H groups in total. The van der Waals surface area contributed by atoms with E-state index in [1.165, 1.54) is 0 Å². The summed E-state index contributed by atoms with van der Waals surface area (Å²) in [5.74, 6) is 0.132. The molecule has 1 atom stereocenters. The zero-order valence-electron chi connectivity index (χ0n) is 7.29. The third kappa shape index (κ3) is 1.64. The predicted octanol–water partition coefficient (Wildman–Crippen LogP) is 1.22. The highest BCUT2D eigenvalue weighted by atomic mass is 16.1. The number of rotatable bonds is 1. The van der Waals surface area contributed by atoms with Crippen LogP contribution in [0.15, 0.2) is 24.3 Å². The minimum atomic E-state index is 0.132. The van der Waals surface area contributed by atoms with Gasteiger partial charge in [-0.3, -0.25) is 4.79 Å². The number of amides is 1. The molecule has 1 fully saturated rings. The lowest BCUT2D eigenvalue weighted by atomic mass is 10.1. The summed E-state index contributed by atoms with van der Waals surface area (Å²) in [5.41, 5.74) is 7.50. The highest BCUT2D eigenvalue weighted by Crippen LogP contribution is 2.24. The summed E-state index contributed by atoms with van der Waals surface area (Å²) >= 11 is 0. The topological polar surface area (TPSA) is 55.1 Å². The molecule has 1 aliphatic heterocycles. The predicted molar refractivity (Wildman–Crippen MR) is 51.0 cm³/mol. The summed E-state index contributed by atoms with van der Waals surface area (Å²) in [6, 6.07) is 7.83. The molecule has 0 radical (unpaired) electrons. The van der Waals surface area contributed by atoms with Crippen LogP contribution < -0.4 is 11.1 Å². The van der Waals surface area contributed by atoms with Gasteiger partial charge < -0.3 is 11.1 Å². The van der Waals surface area contributed by atoms with Crippen LogP contribution in [0.1, 0.15) is 24.4 Å². The highest BCUT2D eigenvalue weighted by molar-refractivity contribution is 5.78. The molecule has 68 valence electrons. The Labute approximate surface area is 76.9 Å². The number of carbonyl (C=O) groups excluding carboxylic acids is 1. The van der Waals surface area contributed by atoms with Crippen LogP contribution in [0.4, 0.5) is 5.69 Å². The summed E-state index contributed by atoms with van der Waals surface area (Å²) < 4.78 is 0. The molecule has 0 bridgehead atoms. The van der Waals surface area contributed by atoms with Gasteiger partial charge in [-0.15, -0.1) is 0 Å². The molecule has 0 unspecified atom stereocenters. The third-order valence-electron chi connectivity index (χ3n) is 2.31. The van der Waals surface area contributed by atoms with Crippen molar-refractivity contribution in [1.29, 1.82) is 0 Å². The molecule has 3 heteroatoms. The fraction of sp³-hybridized carbons (Fsp3) is 0.300. The number of benzene rings is 1. The van der Waals surface area contributed by atoms with Crippen molar-refractivity contribution in [2.24, 2.45) is 0 Å². The van der Waals surface area contributed by atoms with Crippen LogP contribution in [0.2, 0.25) is 0 Å². The first-order valence-corrected chi connectivity index (χ1v) is 4.40. The van der Waals surface area contributed by atoms with Gasteiger partial charge in [0.2, 0.25) is 5.91 Å². The normalized spacial score (nSPS) is 21.5. The van der Waals surface area contributed by atoms with E-state index in [1.807, 2.05) is 24.3 Å². The minimum Gasteiger partial charge on any atom is -0.399 e. The molecule has 1 aromatic rings. The summed E-state index contributed by atoms with van der Waals surface area (Å²) in [6.45, 7) is 0. The minimum absolute atomic E-state index is 0.132. The van der Waals surface area contributed by atoms with Crippen LogP contribution in [0.3, 0.4) is 0 Å². The zero-order chi connectivity index (χ0) is 9.26. The maximum atomic E-state index is 11.0. The average molecular weight is 176 g/mol. The van der Waals surface area contributed by atoms with Gasteiger partial charge in [-0.05, 0) is 24.1 Å². The zero-order valence-corrected chi connectivity index (χ0v) is 7.29. The van der Waals surface area contributed by atoms with E-state index in [9.17, 15) is 4.79 Å². The van der Waals surface area contributed by atoms with Crippen molar-refractivity contribution in [3.05, 3.63) is 29.8 Å². The Morgan fingerprint density at radius 3 is 2.92 bits per heavy atom. The van der Waals surface area contributed by atoms with Gasteiger partial charge in [-0.2, -0.15) is 0 Å². The van der Waals surface area contributed by atoms with Crippen molar-refractivity contribution >= 4 is 11.6 Å². The molecule has 1 aliphatic rings. The standard InChI is InChI=1S/C10H12N2O/c11-8-3-1-2-7(6-8)9-4-5-10(13)12-9/h1-3,6,9H,4-5,11H2,(H,12,13)/t9-/m0/s1. The van der Waals surface area contributed by atoms with Gasteiger partial charge in [-0.1, -0.05) is 12.1 Å². The van der Waals surface area contributed by atoms with E-state index in [1.54, 1.807) is 0 Å². The van der Waals surface area contributed by atoms with Gasteiger partial charge in [-0.25, -0.2) is 0 Å². The Balaban J connectivity index is 2.21. The van der Waals surface area contributed by atoms with Gasteiger partial charge >= 0.3 is 0 Å². The van der Waals surface area contributed by atoms with Crippen molar-refractivity contribution in [3.63, 3.8) is 0 Å². The maximum absolute atomic E-state index is 11.0. The molecular formula is C10H12N2O. The third-order valence-corrected chi connectivity index (χ3v) is 2.31. The van der Waals surface area contributed by atoms with Crippen LogP contribution in [0.5, 0.6) is 0 Å². The van der Waals surface area contributed by atoms with Crippen LogP contribution in [0.25, 0.3) is 0 Å². The summed E-state index contributed by atoms with van der Waals surface area (Å²) in [4.78, 5) is 11.0. The second kappa shape index (κ2) is 3.09. The Kier molecular flexibility index (Phi) is 1.93. The van der Waals surface area contributed by atoms with Crippen molar-refractivity contribution in [2.75, 3.05) is 5.73 Å². The Hall–Kier alpha value is -1.51. The van der Waals surface area contributed by atoms with E-state index in [2.05, 4.69) is 5.32 Å². The molecule has 1 aromatic carbocycles. The lowest BCUT2D eigenvalue weighted by Crippen LogP contribution is -2.18. The largest absolute Gasteiger partial charge is 0.399 e. The molecular weight excluding hydrogens is 164 g/mol. The molecule has 0 aliphatic carbocycles. The molecule has 3 nitrogen and oxygen atoms in total. The molecule has 0 aromatic heterocycles. The summed E-state index contributed by atoms with van der Waals surface area (Å²) in [7, 11) is 0. The highest BCUT2D eigenvalue weighted by Gasteiger charge is 2.21. The Morgan fingerprint density at radius 2 is 2.31 bits per heavy atom. The smallest absolute Gasteiger partial charge is 0.220 e. The molecule has 13 heavy (non-hydrogen) atoms. The number of nitrogen functional groups attached to an aromatic ring is 1. The van der Waals surface area contributed by atoms with Crippen LogP contribution in [0, 0.1) is 0 Å². The van der Waals surface area contributed by atoms with E-state index in [4.69, 9.17) is 5.73 Å². The van der Waals surface area contributed by atoms with Crippen molar-refractivity contribution in [2.45, 2.75) is 18.9 Å². The first-order chi connectivity index (χ1) is 6.25. The molecule has 1 amide bonds. The quantitative estimate of drug-likeness (QED) is 0.632. The second-order valence-electron chi connectivity index (χ2n) is 3.33. The lowest BCUT2D eigenvalue weighted by molar-refractivity contribution is -0.119. The van der Waals surface area contributed by atoms with Gasteiger partial charge in [0.1, 0.15) is 0 Å². The van der Waals surface area contributed by atoms with E-state index in [0.29, 0.717) is 6.42 Å². The van der Waals surface area contributed by atoms with E-state index in [0.717, 1.165) is 17.7 Å². The van der Waals surface area contributed by atoms with Crippen molar-refractivity contribution < 1.29 is 4.79 Å². The fourth-order valence-electron chi connectivity index (χ4n) is 1.64. The fourth-order valence-corrected chi connectivity index (χ4v) is 1.64. The Morgan fingerprint density at radius 1 is 1.46 bits per heavy atom.